The van der Waals surface area contributed by atoms with Crippen LogP contribution in [0.5, 0.6) is 0 Å². The van der Waals surface area contributed by atoms with Crippen molar-refractivity contribution in [1.82, 2.24) is 5.32 Å². The van der Waals surface area contributed by atoms with Crippen LogP contribution in [-0.4, -0.2) is 19.1 Å². The number of carbonyl (C=O) groups excluding carboxylic acids is 1. The van der Waals surface area contributed by atoms with Crippen LogP contribution in [0.1, 0.15) is 28.4 Å². The van der Waals surface area contributed by atoms with E-state index in [4.69, 9.17) is 10.00 Å². The first-order chi connectivity index (χ1) is 8.15. The van der Waals surface area contributed by atoms with Crippen molar-refractivity contribution >= 4 is 5.91 Å². The molecule has 1 aromatic carbocycles. The zero-order valence-corrected chi connectivity index (χ0v) is 9.91. The van der Waals surface area contributed by atoms with Gasteiger partial charge in [0.2, 0.25) is 0 Å². The standard InChI is InChI=1S/C13H14N2O2/c1-8-3-4-10(7-14)9(2)11(8)12-13(16)15-5-6-17-12/h3-4,12H,5-6H2,1-2H3,(H,15,16). The van der Waals surface area contributed by atoms with Crippen LogP contribution in [0.4, 0.5) is 0 Å². The predicted molar refractivity (Wildman–Crippen MR) is 62.3 cm³/mol. The summed E-state index contributed by atoms with van der Waals surface area (Å²) in [4.78, 5) is 11.8. The number of nitrogens with one attached hydrogen (secondary N) is 1. The van der Waals surface area contributed by atoms with Gasteiger partial charge in [-0.1, -0.05) is 6.07 Å². The second-order valence-electron chi connectivity index (χ2n) is 4.12. The number of amides is 1. The van der Waals surface area contributed by atoms with E-state index in [0.717, 1.165) is 16.7 Å². The van der Waals surface area contributed by atoms with E-state index < -0.39 is 6.10 Å². The molecule has 1 heterocycles. The summed E-state index contributed by atoms with van der Waals surface area (Å²) in [5.41, 5.74) is 3.21. The lowest BCUT2D eigenvalue weighted by Gasteiger charge is -2.25. The van der Waals surface area contributed by atoms with Gasteiger partial charge in [-0.2, -0.15) is 5.26 Å². The number of hydrogen-bond donors (Lipinski definition) is 1. The summed E-state index contributed by atoms with van der Waals surface area (Å²) < 4.78 is 5.52. The second-order valence-corrected chi connectivity index (χ2v) is 4.12. The summed E-state index contributed by atoms with van der Waals surface area (Å²) in [6.07, 6.45) is -0.586. The molecule has 1 amide bonds. The highest BCUT2D eigenvalue weighted by molar-refractivity contribution is 5.83. The number of morpholine rings is 1. The largest absolute Gasteiger partial charge is 0.362 e. The first kappa shape index (κ1) is 11.6. The van der Waals surface area contributed by atoms with Crippen molar-refractivity contribution in [3.8, 4) is 6.07 Å². The monoisotopic (exact) mass is 230 g/mol. The third-order valence-electron chi connectivity index (χ3n) is 3.04. The van der Waals surface area contributed by atoms with Gasteiger partial charge in [-0.05, 0) is 36.6 Å². The fourth-order valence-corrected chi connectivity index (χ4v) is 2.12. The number of benzene rings is 1. The molecule has 1 atom stereocenters. The Labute approximate surface area is 100 Å². The molecule has 88 valence electrons. The Balaban J connectivity index is 2.50. The first-order valence-corrected chi connectivity index (χ1v) is 5.54. The van der Waals surface area contributed by atoms with Crippen molar-refractivity contribution in [3.05, 3.63) is 34.4 Å². The Bertz CT molecular complexity index is 503. The summed E-state index contributed by atoms with van der Waals surface area (Å²) in [6, 6.07) is 5.76. The normalized spacial score (nSPS) is 19.6. The van der Waals surface area contributed by atoms with E-state index in [1.165, 1.54) is 0 Å². The van der Waals surface area contributed by atoms with Crippen LogP contribution in [0, 0.1) is 25.2 Å². The molecule has 0 aliphatic carbocycles. The fourth-order valence-electron chi connectivity index (χ4n) is 2.12. The van der Waals surface area contributed by atoms with Crippen molar-refractivity contribution in [2.45, 2.75) is 20.0 Å². The molecule has 1 saturated heterocycles. The highest BCUT2D eigenvalue weighted by atomic mass is 16.5. The average Bonchev–Trinajstić information content (AvgIpc) is 2.32. The minimum atomic E-state index is -0.586. The van der Waals surface area contributed by atoms with E-state index >= 15 is 0 Å². The number of ether oxygens (including phenoxy) is 1. The zero-order valence-electron chi connectivity index (χ0n) is 9.91. The van der Waals surface area contributed by atoms with Gasteiger partial charge in [0.05, 0.1) is 18.2 Å². The molecule has 1 aliphatic heterocycles. The van der Waals surface area contributed by atoms with Crippen LogP contribution in [0.2, 0.25) is 0 Å². The molecule has 1 N–H and O–H groups in total. The lowest BCUT2D eigenvalue weighted by Crippen LogP contribution is -2.39. The van der Waals surface area contributed by atoms with E-state index in [9.17, 15) is 4.79 Å². The first-order valence-electron chi connectivity index (χ1n) is 5.54. The Morgan fingerprint density at radius 1 is 1.47 bits per heavy atom. The minimum absolute atomic E-state index is 0.127. The van der Waals surface area contributed by atoms with Gasteiger partial charge in [0.25, 0.3) is 5.91 Å². The van der Waals surface area contributed by atoms with E-state index in [1.807, 2.05) is 19.9 Å². The molecule has 17 heavy (non-hydrogen) atoms. The topological polar surface area (TPSA) is 62.1 Å². The van der Waals surface area contributed by atoms with Crippen LogP contribution in [-0.2, 0) is 9.53 Å². The number of aryl methyl sites for hydroxylation is 1. The maximum absolute atomic E-state index is 11.8. The predicted octanol–water partition coefficient (Wildman–Crippen LogP) is 1.36. The summed E-state index contributed by atoms with van der Waals surface area (Å²) in [5, 5.41) is 11.8. The molecular formula is C13H14N2O2. The van der Waals surface area contributed by atoms with Gasteiger partial charge in [-0.25, -0.2) is 0 Å². The summed E-state index contributed by atoms with van der Waals surface area (Å²) >= 11 is 0. The highest BCUT2D eigenvalue weighted by Gasteiger charge is 2.28. The van der Waals surface area contributed by atoms with Crippen molar-refractivity contribution < 1.29 is 9.53 Å². The molecular weight excluding hydrogens is 216 g/mol. The number of nitriles is 1. The molecule has 2 rings (SSSR count). The number of rotatable bonds is 1. The molecule has 1 unspecified atom stereocenters. The van der Waals surface area contributed by atoms with Crippen molar-refractivity contribution in [3.63, 3.8) is 0 Å². The molecule has 1 fully saturated rings. The second kappa shape index (κ2) is 4.56. The summed E-state index contributed by atoms with van der Waals surface area (Å²) in [7, 11) is 0. The molecule has 1 aromatic rings. The van der Waals surface area contributed by atoms with Gasteiger partial charge in [0.15, 0.2) is 6.10 Å². The van der Waals surface area contributed by atoms with Crippen molar-refractivity contribution in [2.75, 3.05) is 13.2 Å². The Morgan fingerprint density at radius 3 is 2.88 bits per heavy atom. The van der Waals surface area contributed by atoms with E-state index in [2.05, 4.69) is 11.4 Å². The molecule has 0 aromatic heterocycles. The van der Waals surface area contributed by atoms with E-state index in [0.29, 0.717) is 18.7 Å². The lowest BCUT2D eigenvalue weighted by molar-refractivity contribution is -0.138. The Morgan fingerprint density at radius 2 is 2.24 bits per heavy atom. The fraction of sp³-hybridized carbons (Fsp3) is 0.385. The van der Waals surface area contributed by atoms with Gasteiger partial charge in [0.1, 0.15) is 0 Å². The van der Waals surface area contributed by atoms with Gasteiger partial charge >= 0.3 is 0 Å². The van der Waals surface area contributed by atoms with Crippen LogP contribution in [0.25, 0.3) is 0 Å². The molecule has 4 heteroatoms. The molecule has 0 radical (unpaired) electrons. The van der Waals surface area contributed by atoms with E-state index in [-0.39, 0.29) is 5.91 Å². The van der Waals surface area contributed by atoms with Crippen LogP contribution in [0.15, 0.2) is 12.1 Å². The average molecular weight is 230 g/mol. The minimum Gasteiger partial charge on any atom is -0.362 e. The maximum atomic E-state index is 11.8. The Kier molecular flexibility index (Phi) is 3.12. The van der Waals surface area contributed by atoms with Gasteiger partial charge in [-0.3, -0.25) is 4.79 Å². The summed E-state index contributed by atoms with van der Waals surface area (Å²) in [5.74, 6) is -0.127. The molecule has 0 spiro atoms. The smallest absolute Gasteiger partial charge is 0.253 e. The third-order valence-corrected chi connectivity index (χ3v) is 3.04. The SMILES string of the molecule is Cc1ccc(C#N)c(C)c1C1OCCNC1=O. The van der Waals surface area contributed by atoms with Crippen LogP contribution >= 0.6 is 0 Å². The molecule has 1 aliphatic rings. The van der Waals surface area contributed by atoms with Crippen molar-refractivity contribution in [2.24, 2.45) is 0 Å². The Hall–Kier alpha value is -1.86. The van der Waals surface area contributed by atoms with Crippen LogP contribution in [0.3, 0.4) is 0 Å². The number of nitrogens with zero attached hydrogens (tertiary/aromatic N) is 1. The van der Waals surface area contributed by atoms with Crippen molar-refractivity contribution in [1.29, 1.82) is 5.26 Å². The quantitative estimate of drug-likeness (QED) is 0.792. The third kappa shape index (κ3) is 2.02. The van der Waals surface area contributed by atoms with Gasteiger partial charge < -0.3 is 10.1 Å². The van der Waals surface area contributed by atoms with E-state index in [1.54, 1.807) is 6.07 Å². The lowest BCUT2D eigenvalue weighted by atomic mass is 9.93. The highest BCUT2D eigenvalue weighted by Crippen LogP contribution is 2.28. The molecule has 0 saturated carbocycles. The molecule has 0 bridgehead atoms. The van der Waals surface area contributed by atoms with Gasteiger partial charge in [0, 0.05) is 6.54 Å². The number of carbonyl (C=O) groups is 1. The maximum Gasteiger partial charge on any atom is 0.253 e. The van der Waals surface area contributed by atoms with Gasteiger partial charge in [-0.15, -0.1) is 0 Å². The molecule has 4 nitrogen and oxygen atoms in total. The van der Waals surface area contributed by atoms with Crippen LogP contribution < -0.4 is 5.32 Å². The summed E-state index contributed by atoms with van der Waals surface area (Å²) in [6.45, 7) is 4.83. The zero-order chi connectivity index (χ0) is 12.4. The number of hydrogen-bond acceptors (Lipinski definition) is 3.